The fourth-order valence-electron chi connectivity index (χ4n) is 2.64. The molecule has 0 aromatic heterocycles. The van der Waals surface area contributed by atoms with Crippen molar-refractivity contribution in [3.05, 3.63) is 53.1 Å². The molecule has 2 N–H and O–H groups in total. The van der Waals surface area contributed by atoms with E-state index in [2.05, 4.69) is 5.32 Å². The number of aliphatic hydroxyl groups is 1. The first-order valence-electron chi connectivity index (χ1n) is 8.28. The molecular formula is C20H25NO5. The maximum atomic E-state index is 12.2. The van der Waals surface area contributed by atoms with Gasteiger partial charge in [0, 0.05) is 12.1 Å². The number of aliphatic hydroxyl groups excluding tert-OH is 1. The number of carbonyl (C=O) groups excluding carboxylic acids is 1. The molecule has 2 aromatic rings. The van der Waals surface area contributed by atoms with Crippen molar-refractivity contribution in [1.29, 1.82) is 0 Å². The summed E-state index contributed by atoms with van der Waals surface area (Å²) in [4.78, 5) is 12.2. The molecule has 1 amide bonds. The standard InChI is InChI=1S/C20H25NO5/c1-13-5-6-14(9-19(13)26-4)10-20(23)21-12-17(22)16-11-15(24-2)7-8-18(16)25-3/h5-9,11,17,22H,10,12H2,1-4H3,(H,21,23). The van der Waals surface area contributed by atoms with Crippen LogP contribution >= 0.6 is 0 Å². The summed E-state index contributed by atoms with van der Waals surface area (Å²) in [6.45, 7) is 2.02. The summed E-state index contributed by atoms with van der Waals surface area (Å²) < 4.78 is 15.7. The van der Waals surface area contributed by atoms with Crippen LogP contribution in [-0.2, 0) is 11.2 Å². The van der Waals surface area contributed by atoms with E-state index in [1.807, 2.05) is 25.1 Å². The van der Waals surface area contributed by atoms with Crippen molar-refractivity contribution in [2.24, 2.45) is 0 Å². The van der Waals surface area contributed by atoms with Gasteiger partial charge in [-0.2, -0.15) is 0 Å². The van der Waals surface area contributed by atoms with Crippen LogP contribution in [0.15, 0.2) is 36.4 Å². The molecule has 0 spiro atoms. The zero-order valence-electron chi connectivity index (χ0n) is 15.5. The van der Waals surface area contributed by atoms with Crippen molar-refractivity contribution in [3.63, 3.8) is 0 Å². The fraction of sp³-hybridized carbons (Fsp3) is 0.350. The quantitative estimate of drug-likeness (QED) is 0.757. The molecule has 1 unspecified atom stereocenters. The van der Waals surface area contributed by atoms with E-state index >= 15 is 0 Å². The molecule has 26 heavy (non-hydrogen) atoms. The zero-order valence-corrected chi connectivity index (χ0v) is 15.5. The van der Waals surface area contributed by atoms with Gasteiger partial charge in [0.1, 0.15) is 17.2 Å². The third-order valence-electron chi connectivity index (χ3n) is 4.13. The van der Waals surface area contributed by atoms with Gasteiger partial charge in [0.25, 0.3) is 0 Å². The Morgan fingerprint density at radius 1 is 1.04 bits per heavy atom. The first-order valence-corrected chi connectivity index (χ1v) is 8.28. The molecule has 2 rings (SSSR count). The van der Waals surface area contributed by atoms with Crippen molar-refractivity contribution in [1.82, 2.24) is 5.32 Å². The van der Waals surface area contributed by atoms with E-state index < -0.39 is 6.10 Å². The number of methoxy groups -OCH3 is 3. The lowest BCUT2D eigenvalue weighted by atomic mass is 10.1. The number of rotatable bonds is 8. The first-order chi connectivity index (χ1) is 12.5. The molecule has 0 bridgehead atoms. The molecule has 0 saturated heterocycles. The molecule has 140 valence electrons. The average molecular weight is 359 g/mol. The van der Waals surface area contributed by atoms with Gasteiger partial charge >= 0.3 is 0 Å². The minimum Gasteiger partial charge on any atom is -0.497 e. The Bertz CT molecular complexity index is 760. The first kappa shape index (κ1) is 19.6. The number of ether oxygens (including phenoxy) is 3. The number of aryl methyl sites for hydroxylation is 1. The number of nitrogens with one attached hydrogen (secondary N) is 1. The Morgan fingerprint density at radius 3 is 2.42 bits per heavy atom. The second-order valence-corrected chi connectivity index (χ2v) is 5.91. The molecule has 0 heterocycles. The summed E-state index contributed by atoms with van der Waals surface area (Å²) >= 11 is 0. The molecule has 6 heteroatoms. The highest BCUT2D eigenvalue weighted by molar-refractivity contribution is 5.78. The number of amides is 1. The molecular weight excluding hydrogens is 334 g/mol. The largest absolute Gasteiger partial charge is 0.497 e. The van der Waals surface area contributed by atoms with Gasteiger partial charge in [-0.3, -0.25) is 4.79 Å². The Labute approximate surface area is 153 Å². The van der Waals surface area contributed by atoms with E-state index in [0.29, 0.717) is 17.1 Å². The summed E-state index contributed by atoms with van der Waals surface area (Å²) in [7, 11) is 4.68. The topological polar surface area (TPSA) is 77.0 Å². The summed E-state index contributed by atoms with van der Waals surface area (Å²) in [6.07, 6.45) is -0.699. The minimum atomic E-state index is -0.906. The van der Waals surface area contributed by atoms with Gasteiger partial charge in [-0.25, -0.2) is 0 Å². The number of carbonyl (C=O) groups is 1. The van der Waals surface area contributed by atoms with E-state index in [0.717, 1.165) is 16.9 Å². The average Bonchev–Trinajstić information content (AvgIpc) is 2.66. The van der Waals surface area contributed by atoms with Gasteiger partial charge in [0.05, 0.1) is 33.9 Å². The van der Waals surface area contributed by atoms with Crippen molar-refractivity contribution in [2.45, 2.75) is 19.4 Å². The minimum absolute atomic E-state index is 0.0748. The van der Waals surface area contributed by atoms with Gasteiger partial charge in [0.15, 0.2) is 0 Å². The van der Waals surface area contributed by atoms with Gasteiger partial charge in [-0.05, 0) is 42.3 Å². The van der Waals surface area contributed by atoms with Crippen LogP contribution in [0.4, 0.5) is 0 Å². The van der Waals surface area contributed by atoms with Gasteiger partial charge in [0.2, 0.25) is 5.91 Å². The highest BCUT2D eigenvalue weighted by Crippen LogP contribution is 2.29. The Morgan fingerprint density at radius 2 is 1.77 bits per heavy atom. The number of hydrogen-bond donors (Lipinski definition) is 2. The lowest BCUT2D eigenvalue weighted by Crippen LogP contribution is -2.29. The van der Waals surface area contributed by atoms with Crippen LogP contribution in [0.1, 0.15) is 22.8 Å². The monoisotopic (exact) mass is 359 g/mol. The summed E-state index contributed by atoms with van der Waals surface area (Å²) in [5.41, 5.74) is 2.42. The van der Waals surface area contributed by atoms with E-state index in [1.165, 1.54) is 7.11 Å². The maximum absolute atomic E-state index is 12.2. The van der Waals surface area contributed by atoms with E-state index in [-0.39, 0.29) is 18.9 Å². The Balaban J connectivity index is 1.98. The molecule has 0 radical (unpaired) electrons. The highest BCUT2D eigenvalue weighted by Gasteiger charge is 2.16. The van der Waals surface area contributed by atoms with Crippen molar-refractivity contribution >= 4 is 5.91 Å². The molecule has 6 nitrogen and oxygen atoms in total. The van der Waals surface area contributed by atoms with Gasteiger partial charge < -0.3 is 24.6 Å². The molecule has 0 fully saturated rings. The van der Waals surface area contributed by atoms with Crippen LogP contribution in [-0.4, -0.2) is 38.9 Å². The zero-order chi connectivity index (χ0) is 19.1. The lowest BCUT2D eigenvalue weighted by molar-refractivity contribution is -0.120. The summed E-state index contributed by atoms with van der Waals surface area (Å²) in [5.74, 6) is 1.71. The Hall–Kier alpha value is -2.73. The van der Waals surface area contributed by atoms with Crippen LogP contribution in [0.2, 0.25) is 0 Å². The van der Waals surface area contributed by atoms with Crippen LogP contribution < -0.4 is 19.5 Å². The molecule has 2 aromatic carbocycles. The molecule has 1 atom stereocenters. The normalized spacial score (nSPS) is 11.6. The predicted octanol–water partition coefficient (Wildman–Crippen LogP) is 2.41. The number of benzene rings is 2. The third kappa shape index (κ3) is 4.89. The van der Waals surface area contributed by atoms with Crippen molar-refractivity contribution in [2.75, 3.05) is 27.9 Å². The molecule has 0 aliphatic carbocycles. The summed E-state index contributed by atoms with van der Waals surface area (Å²) in [5, 5.41) is 13.2. The van der Waals surface area contributed by atoms with Crippen molar-refractivity contribution in [3.8, 4) is 17.2 Å². The van der Waals surface area contributed by atoms with E-state index in [1.54, 1.807) is 32.4 Å². The van der Waals surface area contributed by atoms with Crippen LogP contribution in [0.25, 0.3) is 0 Å². The second-order valence-electron chi connectivity index (χ2n) is 5.91. The van der Waals surface area contributed by atoms with Crippen LogP contribution in [0, 0.1) is 6.92 Å². The van der Waals surface area contributed by atoms with E-state index in [4.69, 9.17) is 14.2 Å². The van der Waals surface area contributed by atoms with Crippen molar-refractivity contribution < 1.29 is 24.1 Å². The maximum Gasteiger partial charge on any atom is 0.224 e. The van der Waals surface area contributed by atoms with E-state index in [9.17, 15) is 9.90 Å². The van der Waals surface area contributed by atoms with Crippen LogP contribution in [0.5, 0.6) is 17.2 Å². The third-order valence-corrected chi connectivity index (χ3v) is 4.13. The fourth-order valence-corrected chi connectivity index (χ4v) is 2.64. The van der Waals surface area contributed by atoms with Gasteiger partial charge in [-0.15, -0.1) is 0 Å². The molecule has 0 aliphatic rings. The molecule has 0 aliphatic heterocycles. The number of hydrogen-bond acceptors (Lipinski definition) is 5. The van der Waals surface area contributed by atoms with Crippen LogP contribution in [0.3, 0.4) is 0 Å². The lowest BCUT2D eigenvalue weighted by Gasteiger charge is -2.16. The summed E-state index contributed by atoms with van der Waals surface area (Å²) in [6, 6.07) is 10.8. The van der Waals surface area contributed by atoms with Gasteiger partial charge in [-0.1, -0.05) is 12.1 Å². The SMILES string of the molecule is COc1ccc(OC)c(C(O)CNC(=O)Cc2ccc(C)c(OC)c2)c1. The predicted molar refractivity (Wildman–Crippen MR) is 99.0 cm³/mol. The smallest absolute Gasteiger partial charge is 0.224 e. The second kappa shape index (κ2) is 9.10. The molecule has 0 saturated carbocycles. The highest BCUT2D eigenvalue weighted by atomic mass is 16.5. The Kier molecular flexibility index (Phi) is 6.86.